The molecule has 0 unspecified atom stereocenters. The molecule has 0 amide bonds. The molecule has 16 heavy (non-hydrogen) atoms. The zero-order valence-electron chi connectivity index (χ0n) is 9.78. The van der Waals surface area contributed by atoms with E-state index in [0.717, 1.165) is 19.0 Å². The highest BCUT2D eigenvalue weighted by atomic mass is 16.5. The van der Waals surface area contributed by atoms with Crippen LogP contribution >= 0.6 is 0 Å². The maximum absolute atomic E-state index is 5.66. The first-order chi connectivity index (χ1) is 7.88. The average molecular weight is 221 g/mol. The molecule has 1 saturated carbocycles. The number of aromatic nitrogens is 2. The molecule has 4 nitrogen and oxygen atoms in total. The Balaban J connectivity index is 1.85. The summed E-state index contributed by atoms with van der Waals surface area (Å²) < 4.78 is 5.66. The van der Waals surface area contributed by atoms with E-state index in [1.807, 2.05) is 6.92 Å². The van der Waals surface area contributed by atoms with Gasteiger partial charge in [0.15, 0.2) is 0 Å². The number of ether oxygens (including phenoxy) is 1. The van der Waals surface area contributed by atoms with Crippen LogP contribution in [0.1, 0.15) is 32.6 Å². The van der Waals surface area contributed by atoms with Crippen LogP contribution in [0.5, 0.6) is 5.88 Å². The number of nitrogens with one attached hydrogen (secondary N) is 1. The SMILES string of the molecule is CCNc1cncc(OCC2CCCC2)n1. The van der Waals surface area contributed by atoms with Gasteiger partial charge in [0.2, 0.25) is 5.88 Å². The third kappa shape index (κ3) is 3.08. The second kappa shape index (κ2) is 5.68. The normalized spacial score (nSPS) is 16.3. The number of anilines is 1. The lowest BCUT2D eigenvalue weighted by molar-refractivity contribution is 0.243. The van der Waals surface area contributed by atoms with Crippen LogP contribution in [0.3, 0.4) is 0 Å². The minimum Gasteiger partial charge on any atom is -0.476 e. The maximum Gasteiger partial charge on any atom is 0.234 e. The fourth-order valence-corrected chi connectivity index (χ4v) is 2.06. The molecule has 1 aromatic rings. The summed E-state index contributed by atoms with van der Waals surface area (Å²) in [5.74, 6) is 2.13. The van der Waals surface area contributed by atoms with E-state index in [1.54, 1.807) is 12.4 Å². The first-order valence-electron chi connectivity index (χ1n) is 6.07. The molecule has 0 aliphatic heterocycles. The van der Waals surface area contributed by atoms with Crippen LogP contribution in [0, 0.1) is 5.92 Å². The van der Waals surface area contributed by atoms with Crippen LogP contribution in [0.2, 0.25) is 0 Å². The Morgan fingerprint density at radius 1 is 1.38 bits per heavy atom. The number of rotatable bonds is 5. The molecule has 1 N–H and O–H groups in total. The molecular weight excluding hydrogens is 202 g/mol. The topological polar surface area (TPSA) is 47.0 Å². The van der Waals surface area contributed by atoms with Crippen molar-refractivity contribution >= 4 is 5.82 Å². The molecule has 1 fully saturated rings. The van der Waals surface area contributed by atoms with Crippen LogP contribution in [-0.4, -0.2) is 23.1 Å². The van der Waals surface area contributed by atoms with Gasteiger partial charge in [-0.05, 0) is 25.7 Å². The summed E-state index contributed by atoms with van der Waals surface area (Å²) >= 11 is 0. The summed E-state index contributed by atoms with van der Waals surface area (Å²) in [5, 5.41) is 3.12. The maximum atomic E-state index is 5.66. The molecule has 1 aromatic heterocycles. The van der Waals surface area contributed by atoms with Gasteiger partial charge in [-0.15, -0.1) is 0 Å². The minimum absolute atomic E-state index is 0.630. The molecule has 1 heterocycles. The lowest BCUT2D eigenvalue weighted by atomic mass is 10.1. The van der Waals surface area contributed by atoms with Crippen LogP contribution in [-0.2, 0) is 0 Å². The number of hydrogen-bond donors (Lipinski definition) is 1. The van der Waals surface area contributed by atoms with Crippen molar-refractivity contribution in [1.82, 2.24) is 9.97 Å². The zero-order valence-corrected chi connectivity index (χ0v) is 9.78. The van der Waals surface area contributed by atoms with Crippen molar-refractivity contribution in [3.8, 4) is 5.88 Å². The van der Waals surface area contributed by atoms with Gasteiger partial charge in [-0.1, -0.05) is 12.8 Å². The van der Waals surface area contributed by atoms with Crippen LogP contribution in [0.15, 0.2) is 12.4 Å². The molecule has 0 radical (unpaired) electrons. The molecule has 0 spiro atoms. The third-order valence-corrected chi connectivity index (χ3v) is 2.91. The molecule has 2 rings (SSSR count). The van der Waals surface area contributed by atoms with Gasteiger partial charge >= 0.3 is 0 Å². The van der Waals surface area contributed by atoms with Crippen molar-refractivity contribution in [2.75, 3.05) is 18.5 Å². The molecule has 4 heteroatoms. The van der Waals surface area contributed by atoms with Crippen molar-refractivity contribution in [3.05, 3.63) is 12.4 Å². The summed E-state index contributed by atoms with van der Waals surface area (Å²) in [6.45, 7) is 3.67. The van der Waals surface area contributed by atoms with E-state index in [0.29, 0.717) is 11.8 Å². The highest BCUT2D eigenvalue weighted by Gasteiger charge is 2.15. The van der Waals surface area contributed by atoms with E-state index >= 15 is 0 Å². The third-order valence-electron chi connectivity index (χ3n) is 2.91. The minimum atomic E-state index is 0.630. The second-order valence-electron chi connectivity index (χ2n) is 4.23. The fraction of sp³-hybridized carbons (Fsp3) is 0.667. The highest BCUT2D eigenvalue weighted by Crippen LogP contribution is 2.25. The highest BCUT2D eigenvalue weighted by molar-refractivity contribution is 5.32. The summed E-state index contributed by atoms with van der Waals surface area (Å²) in [4.78, 5) is 8.43. The predicted octanol–water partition coefficient (Wildman–Crippen LogP) is 2.48. The standard InChI is InChI=1S/C12H19N3O/c1-2-14-11-7-13-8-12(15-11)16-9-10-5-3-4-6-10/h7-8,10H,2-6,9H2,1H3,(H,14,15). The Morgan fingerprint density at radius 3 is 2.94 bits per heavy atom. The molecule has 0 bridgehead atoms. The molecule has 0 aromatic carbocycles. The van der Waals surface area contributed by atoms with Crippen LogP contribution in [0.25, 0.3) is 0 Å². The Labute approximate surface area is 96.4 Å². The molecular formula is C12H19N3O. The molecule has 0 atom stereocenters. The second-order valence-corrected chi connectivity index (χ2v) is 4.23. The number of nitrogens with zero attached hydrogens (tertiary/aromatic N) is 2. The lowest BCUT2D eigenvalue weighted by Gasteiger charge is -2.10. The van der Waals surface area contributed by atoms with E-state index in [2.05, 4.69) is 15.3 Å². The van der Waals surface area contributed by atoms with Crippen molar-refractivity contribution in [2.45, 2.75) is 32.6 Å². The largest absolute Gasteiger partial charge is 0.476 e. The Morgan fingerprint density at radius 2 is 2.19 bits per heavy atom. The van der Waals surface area contributed by atoms with Gasteiger partial charge < -0.3 is 10.1 Å². The van der Waals surface area contributed by atoms with Gasteiger partial charge in [0.05, 0.1) is 19.0 Å². The lowest BCUT2D eigenvalue weighted by Crippen LogP contribution is -2.10. The van der Waals surface area contributed by atoms with E-state index in [4.69, 9.17) is 4.74 Å². The average Bonchev–Trinajstić information content (AvgIpc) is 2.80. The zero-order chi connectivity index (χ0) is 11.2. The van der Waals surface area contributed by atoms with Gasteiger partial charge in [-0.3, -0.25) is 4.98 Å². The molecule has 0 saturated heterocycles. The molecule has 1 aliphatic carbocycles. The number of hydrogen-bond acceptors (Lipinski definition) is 4. The Bertz CT molecular complexity index is 324. The molecule has 1 aliphatic rings. The van der Waals surface area contributed by atoms with E-state index in [1.165, 1.54) is 25.7 Å². The van der Waals surface area contributed by atoms with Crippen molar-refractivity contribution < 1.29 is 4.74 Å². The van der Waals surface area contributed by atoms with E-state index < -0.39 is 0 Å². The van der Waals surface area contributed by atoms with Crippen LogP contribution in [0.4, 0.5) is 5.82 Å². The van der Waals surface area contributed by atoms with Crippen molar-refractivity contribution in [3.63, 3.8) is 0 Å². The summed E-state index contributed by atoms with van der Waals surface area (Å²) in [5.41, 5.74) is 0. The van der Waals surface area contributed by atoms with Gasteiger partial charge in [0.25, 0.3) is 0 Å². The summed E-state index contributed by atoms with van der Waals surface area (Å²) in [6, 6.07) is 0. The molecule has 88 valence electrons. The van der Waals surface area contributed by atoms with Gasteiger partial charge in [0.1, 0.15) is 5.82 Å². The summed E-state index contributed by atoms with van der Waals surface area (Å²) in [6.07, 6.45) is 8.66. The summed E-state index contributed by atoms with van der Waals surface area (Å²) in [7, 11) is 0. The Hall–Kier alpha value is -1.32. The quantitative estimate of drug-likeness (QED) is 0.829. The van der Waals surface area contributed by atoms with E-state index in [9.17, 15) is 0 Å². The van der Waals surface area contributed by atoms with Crippen molar-refractivity contribution in [1.29, 1.82) is 0 Å². The van der Waals surface area contributed by atoms with Gasteiger partial charge in [-0.25, -0.2) is 0 Å². The predicted molar refractivity (Wildman–Crippen MR) is 63.6 cm³/mol. The first kappa shape index (κ1) is 11.2. The van der Waals surface area contributed by atoms with Gasteiger partial charge in [-0.2, -0.15) is 4.98 Å². The fourth-order valence-electron chi connectivity index (χ4n) is 2.06. The Kier molecular flexibility index (Phi) is 3.97. The van der Waals surface area contributed by atoms with E-state index in [-0.39, 0.29) is 0 Å². The smallest absolute Gasteiger partial charge is 0.234 e. The first-order valence-corrected chi connectivity index (χ1v) is 6.07. The van der Waals surface area contributed by atoms with Crippen LogP contribution < -0.4 is 10.1 Å². The monoisotopic (exact) mass is 221 g/mol. The van der Waals surface area contributed by atoms with Crippen molar-refractivity contribution in [2.24, 2.45) is 5.92 Å². The van der Waals surface area contributed by atoms with Gasteiger partial charge in [0, 0.05) is 6.54 Å².